The lowest BCUT2D eigenvalue weighted by molar-refractivity contribution is -0.115. The molecule has 0 saturated carbocycles. The summed E-state index contributed by atoms with van der Waals surface area (Å²) in [6.45, 7) is 4.04. The number of anilines is 1. The first-order chi connectivity index (χ1) is 6.56. The highest BCUT2D eigenvalue weighted by Crippen LogP contribution is 2.19. The number of thiol groups is 1. The van der Waals surface area contributed by atoms with E-state index >= 15 is 0 Å². The largest absolute Gasteiger partial charge is 0.315 e. The Morgan fingerprint density at radius 1 is 1.43 bits per heavy atom. The van der Waals surface area contributed by atoms with Crippen LogP contribution >= 0.6 is 12.6 Å². The maximum Gasteiger partial charge on any atom is 0.236 e. The van der Waals surface area contributed by atoms with E-state index in [4.69, 9.17) is 0 Å². The molecule has 0 atom stereocenters. The van der Waals surface area contributed by atoms with Gasteiger partial charge in [-0.25, -0.2) is 0 Å². The summed E-state index contributed by atoms with van der Waals surface area (Å²) in [5, 5.41) is 0. The molecule has 1 rings (SSSR count). The van der Waals surface area contributed by atoms with Crippen molar-refractivity contribution in [1.29, 1.82) is 0 Å². The highest BCUT2D eigenvalue weighted by atomic mass is 32.1. The Kier molecular flexibility index (Phi) is 3.58. The van der Waals surface area contributed by atoms with Crippen LogP contribution in [0, 0.1) is 13.8 Å². The van der Waals surface area contributed by atoms with E-state index in [2.05, 4.69) is 18.7 Å². The number of benzene rings is 1. The fourth-order valence-corrected chi connectivity index (χ4v) is 1.63. The van der Waals surface area contributed by atoms with Gasteiger partial charge in [-0.1, -0.05) is 17.7 Å². The van der Waals surface area contributed by atoms with Gasteiger partial charge in [0, 0.05) is 12.7 Å². The molecule has 0 N–H and O–H groups in total. The number of hydrogen-bond donors (Lipinski definition) is 1. The molecule has 0 aromatic heterocycles. The van der Waals surface area contributed by atoms with Gasteiger partial charge in [0.1, 0.15) is 0 Å². The Labute approximate surface area is 90.3 Å². The van der Waals surface area contributed by atoms with Crippen LogP contribution in [0.15, 0.2) is 18.2 Å². The first kappa shape index (κ1) is 11.1. The lowest BCUT2D eigenvalue weighted by atomic mass is 10.1. The smallest absolute Gasteiger partial charge is 0.236 e. The van der Waals surface area contributed by atoms with Crippen LogP contribution in [0.1, 0.15) is 11.1 Å². The predicted octanol–water partition coefficient (Wildman–Crippen LogP) is 2.20. The monoisotopic (exact) mass is 209 g/mol. The molecule has 0 aliphatic heterocycles. The number of carbonyl (C=O) groups is 1. The third-order valence-electron chi connectivity index (χ3n) is 2.22. The lowest BCUT2D eigenvalue weighted by Crippen LogP contribution is -2.27. The zero-order valence-corrected chi connectivity index (χ0v) is 9.64. The van der Waals surface area contributed by atoms with Gasteiger partial charge < -0.3 is 4.90 Å². The van der Waals surface area contributed by atoms with E-state index in [1.807, 2.05) is 26.0 Å². The summed E-state index contributed by atoms with van der Waals surface area (Å²) in [6, 6.07) is 6.04. The summed E-state index contributed by atoms with van der Waals surface area (Å²) in [4.78, 5) is 13.0. The van der Waals surface area contributed by atoms with E-state index in [-0.39, 0.29) is 11.7 Å². The van der Waals surface area contributed by atoms with Gasteiger partial charge in [0.05, 0.1) is 5.75 Å². The van der Waals surface area contributed by atoms with Gasteiger partial charge in [0.15, 0.2) is 0 Å². The average Bonchev–Trinajstić information content (AvgIpc) is 2.15. The third-order valence-corrected chi connectivity index (χ3v) is 2.49. The van der Waals surface area contributed by atoms with Crippen LogP contribution in [0.5, 0.6) is 0 Å². The van der Waals surface area contributed by atoms with Gasteiger partial charge in [-0.3, -0.25) is 4.79 Å². The molecule has 3 heteroatoms. The summed E-state index contributed by atoms with van der Waals surface area (Å²) in [5.41, 5.74) is 3.27. The Morgan fingerprint density at radius 3 is 2.57 bits per heavy atom. The zero-order chi connectivity index (χ0) is 10.7. The van der Waals surface area contributed by atoms with Crippen molar-refractivity contribution in [3.05, 3.63) is 29.3 Å². The standard InChI is InChI=1S/C11H15NOS/c1-8-4-5-10(9(2)6-8)12(3)11(13)7-14/h4-6,14H,7H2,1-3H3. The van der Waals surface area contributed by atoms with Crippen LogP contribution in [0.2, 0.25) is 0 Å². The van der Waals surface area contributed by atoms with Crippen LogP contribution in [0.4, 0.5) is 5.69 Å². The number of aryl methyl sites for hydroxylation is 2. The highest BCUT2D eigenvalue weighted by Gasteiger charge is 2.10. The number of hydrogen-bond acceptors (Lipinski definition) is 2. The zero-order valence-electron chi connectivity index (χ0n) is 8.74. The molecule has 0 aliphatic rings. The molecule has 0 radical (unpaired) electrons. The molecule has 1 amide bonds. The predicted molar refractivity (Wildman–Crippen MR) is 63.2 cm³/mol. The first-order valence-electron chi connectivity index (χ1n) is 4.51. The summed E-state index contributed by atoms with van der Waals surface area (Å²) in [7, 11) is 1.77. The Hall–Kier alpha value is -0.960. The molecule has 0 unspecified atom stereocenters. The second-order valence-electron chi connectivity index (χ2n) is 3.40. The summed E-state index contributed by atoms with van der Waals surface area (Å²) in [6.07, 6.45) is 0. The summed E-state index contributed by atoms with van der Waals surface area (Å²) in [5.74, 6) is 0.254. The quantitative estimate of drug-likeness (QED) is 0.740. The van der Waals surface area contributed by atoms with Gasteiger partial charge in [0.2, 0.25) is 5.91 Å². The molecule has 0 bridgehead atoms. The van der Waals surface area contributed by atoms with Crippen LogP contribution in [0.3, 0.4) is 0 Å². The van der Waals surface area contributed by atoms with Crippen molar-refractivity contribution in [1.82, 2.24) is 0 Å². The molecule has 0 fully saturated rings. The van der Waals surface area contributed by atoms with E-state index in [1.54, 1.807) is 11.9 Å². The van der Waals surface area contributed by atoms with E-state index in [1.165, 1.54) is 5.56 Å². The molecule has 2 nitrogen and oxygen atoms in total. The van der Waals surface area contributed by atoms with E-state index in [0.29, 0.717) is 0 Å². The van der Waals surface area contributed by atoms with Crippen molar-refractivity contribution in [2.45, 2.75) is 13.8 Å². The van der Waals surface area contributed by atoms with Crippen molar-refractivity contribution in [2.24, 2.45) is 0 Å². The number of amides is 1. The first-order valence-corrected chi connectivity index (χ1v) is 5.14. The van der Waals surface area contributed by atoms with Crippen molar-refractivity contribution in [3.8, 4) is 0 Å². The minimum Gasteiger partial charge on any atom is -0.315 e. The highest BCUT2D eigenvalue weighted by molar-refractivity contribution is 7.81. The minimum atomic E-state index is 0.0142. The Bertz CT molecular complexity index is 349. The van der Waals surface area contributed by atoms with Crippen LogP contribution < -0.4 is 4.90 Å². The molecule has 0 saturated heterocycles. The second kappa shape index (κ2) is 4.51. The molecule has 1 aromatic carbocycles. The molecule has 0 spiro atoms. The normalized spacial score (nSPS) is 10.0. The van der Waals surface area contributed by atoms with Crippen molar-refractivity contribution in [2.75, 3.05) is 17.7 Å². The van der Waals surface area contributed by atoms with Gasteiger partial charge in [-0.05, 0) is 25.5 Å². The fourth-order valence-electron chi connectivity index (χ4n) is 1.42. The summed E-state index contributed by atoms with van der Waals surface area (Å²) < 4.78 is 0. The van der Waals surface area contributed by atoms with E-state index in [0.717, 1.165) is 11.3 Å². The minimum absolute atomic E-state index is 0.0142. The molecule has 1 aromatic rings. The Balaban J connectivity index is 3.01. The Morgan fingerprint density at radius 2 is 2.07 bits per heavy atom. The maximum atomic E-state index is 11.4. The number of carbonyl (C=O) groups excluding carboxylic acids is 1. The van der Waals surface area contributed by atoms with Crippen LogP contribution in [-0.4, -0.2) is 18.7 Å². The molecular weight excluding hydrogens is 194 g/mol. The van der Waals surface area contributed by atoms with Gasteiger partial charge in [-0.15, -0.1) is 0 Å². The topological polar surface area (TPSA) is 20.3 Å². The molecule has 0 aliphatic carbocycles. The lowest BCUT2D eigenvalue weighted by Gasteiger charge is -2.18. The van der Waals surface area contributed by atoms with E-state index in [9.17, 15) is 4.79 Å². The summed E-state index contributed by atoms with van der Waals surface area (Å²) >= 11 is 3.97. The fraction of sp³-hybridized carbons (Fsp3) is 0.364. The van der Waals surface area contributed by atoms with Gasteiger partial charge in [-0.2, -0.15) is 12.6 Å². The third kappa shape index (κ3) is 2.29. The van der Waals surface area contributed by atoms with Crippen molar-refractivity contribution in [3.63, 3.8) is 0 Å². The van der Waals surface area contributed by atoms with Crippen molar-refractivity contribution < 1.29 is 4.79 Å². The molecule has 14 heavy (non-hydrogen) atoms. The van der Waals surface area contributed by atoms with Crippen LogP contribution in [0.25, 0.3) is 0 Å². The number of rotatable bonds is 2. The SMILES string of the molecule is Cc1ccc(N(C)C(=O)CS)c(C)c1. The molecule has 0 heterocycles. The van der Waals surface area contributed by atoms with Crippen molar-refractivity contribution >= 4 is 24.2 Å². The second-order valence-corrected chi connectivity index (χ2v) is 3.72. The maximum absolute atomic E-state index is 11.4. The van der Waals surface area contributed by atoms with Crippen LogP contribution in [-0.2, 0) is 4.79 Å². The van der Waals surface area contributed by atoms with Gasteiger partial charge in [0.25, 0.3) is 0 Å². The molecular formula is C11H15NOS. The van der Waals surface area contributed by atoms with Gasteiger partial charge >= 0.3 is 0 Å². The average molecular weight is 209 g/mol. The number of nitrogens with zero attached hydrogens (tertiary/aromatic N) is 1. The van der Waals surface area contributed by atoms with E-state index < -0.39 is 0 Å². The molecule has 76 valence electrons.